The fourth-order valence-corrected chi connectivity index (χ4v) is 4.49. The fraction of sp³-hybridized carbons (Fsp3) is 0.286. The number of carbonyl (C=O) groups is 2. The second kappa shape index (κ2) is 9.38. The van der Waals surface area contributed by atoms with Gasteiger partial charge in [0.25, 0.3) is 11.5 Å². The number of hydrogen-bond acceptors (Lipinski definition) is 5. The molecule has 2 aromatic carbocycles. The molecule has 8 nitrogen and oxygen atoms in total. The molecule has 0 spiro atoms. The van der Waals surface area contributed by atoms with E-state index in [1.165, 1.54) is 24.3 Å². The van der Waals surface area contributed by atoms with Gasteiger partial charge in [0.15, 0.2) is 0 Å². The molecule has 2 heterocycles. The number of carboxylic acid groups (broad SMARTS) is 1. The summed E-state index contributed by atoms with van der Waals surface area (Å²) in [6, 6.07) is 6.92. The van der Waals surface area contributed by atoms with Crippen molar-refractivity contribution in [3.63, 3.8) is 0 Å². The molecule has 2 aliphatic heterocycles. The number of oxime groups is 1. The molecule has 2 aromatic rings. The highest BCUT2D eigenvalue weighted by atomic mass is 35.5. The molecule has 0 unspecified atom stereocenters. The van der Waals surface area contributed by atoms with E-state index in [0.717, 1.165) is 12.1 Å². The van der Waals surface area contributed by atoms with Crippen LogP contribution in [-0.2, 0) is 15.3 Å². The lowest BCUT2D eigenvalue weighted by molar-refractivity contribution is -0.275. The quantitative estimate of drug-likeness (QED) is 0.540. The Morgan fingerprint density at radius 3 is 2.40 bits per heavy atom. The molecule has 1 saturated heterocycles. The van der Waals surface area contributed by atoms with Gasteiger partial charge in [-0.05, 0) is 30.3 Å². The van der Waals surface area contributed by atoms with Crippen LogP contribution in [0.15, 0.2) is 41.6 Å². The van der Waals surface area contributed by atoms with Crippen LogP contribution in [0.5, 0.6) is 0 Å². The third-order valence-corrected chi connectivity index (χ3v) is 6.18. The molecular weight excluding hydrogens is 538 g/mol. The van der Waals surface area contributed by atoms with Crippen molar-refractivity contribution in [3.05, 3.63) is 68.2 Å². The second-order valence-corrected chi connectivity index (χ2v) is 9.07. The molecule has 2 amide bonds. The monoisotopic (exact) mass is 551 g/mol. The van der Waals surface area contributed by atoms with E-state index in [4.69, 9.17) is 49.6 Å². The van der Waals surface area contributed by atoms with Gasteiger partial charge in [0, 0.05) is 27.6 Å². The average molecular weight is 553 g/mol. The molecule has 0 saturated carbocycles. The number of amides is 2. The minimum atomic E-state index is -4.86. The van der Waals surface area contributed by atoms with Crippen LogP contribution >= 0.6 is 34.8 Å². The molecule has 35 heavy (non-hydrogen) atoms. The van der Waals surface area contributed by atoms with Gasteiger partial charge in [-0.2, -0.15) is 18.2 Å². The fourth-order valence-electron chi connectivity index (χ4n) is 3.69. The van der Waals surface area contributed by atoms with Crippen LogP contribution in [0.3, 0.4) is 0 Å². The van der Waals surface area contributed by atoms with Crippen LogP contribution in [-0.4, -0.2) is 53.3 Å². The van der Waals surface area contributed by atoms with E-state index in [0.29, 0.717) is 5.06 Å². The van der Waals surface area contributed by atoms with E-state index >= 15 is 0 Å². The van der Waals surface area contributed by atoms with Gasteiger partial charge in [-0.1, -0.05) is 46.0 Å². The van der Waals surface area contributed by atoms with Crippen LogP contribution in [0.25, 0.3) is 0 Å². The first-order valence-corrected chi connectivity index (χ1v) is 11.1. The Morgan fingerprint density at radius 2 is 1.83 bits per heavy atom. The number of hydrogen-bond donors (Lipinski definition) is 2. The number of rotatable bonds is 4. The van der Waals surface area contributed by atoms with Gasteiger partial charge in [-0.15, -0.1) is 0 Å². The van der Waals surface area contributed by atoms with E-state index in [1.54, 1.807) is 0 Å². The number of nitrogens with one attached hydrogen (secondary N) is 1. The van der Waals surface area contributed by atoms with Crippen molar-refractivity contribution in [2.45, 2.75) is 24.2 Å². The number of benzene rings is 2. The molecule has 2 atom stereocenters. The highest BCUT2D eigenvalue weighted by molar-refractivity contribution is 6.35. The summed E-state index contributed by atoms with van der Waals surface area (Å²) in [5.74, 6) is -0.606. The molecule has 0 aliphatic carbocycles. The molecule has 4 rings (SSSR count). The second-order valence-electron chi connectivity index (χ2n) is 7.79. The van der Waals surface area contributed by atoms with Gasteiger partial charge in [-0.25, -0.2) is 4.79 Å². The molecule has 2 N–H and O–H groups in total. The number of alkyl halides is 3. The van der Waals surface area contributed by atoms with Crippen LogP contribution in [0.2, 0.25) is 15.1 Å². The van der Waals surface area contributed by atoms with Crippen molar-refractivity contribution in [1.29, 1.82) is 0 Å². The smallest absolute Gasteiger partial charge is 0.435 e. The Kier molecular flexibility index (Phi) is 6.80. The lowest BCUT2D eigenvalue weighted by Gasteiger charge is -2.29. The van der Waals surface area contributed by atoms with Gasteiger partial charge >= 0.3 is 12.3 Å². The third-order valence-electron chi connectivity index (χ3n) is 5.43. The van der Waals surface area contributed by atoms with Gasteiger partial charge in [-0.3, -0.25) is 9.63 Å². The Hall–Kier alpha value is -2.73. The van der Waals surface area contributed by atoms with Crippen LogP contribution < -0.4 is 5.32 Å². The van der Waals surface area contributed by atoms with E-state index in [1.807, 2.05) is 0 Å². The molecule has 14 heteroatoms. The minimum Gasteiger partial charge on any atom is -0.463 e. The molecular formula is C21H15Cl3F3N3O5. The van der Waals surface area contributed by atoms with Crippen molar-refractivity contribution < 1.29 is 37.5 Å². The predicted molar refractivity (Wildman–Crippen MR) is 120 cm³/mol. The van der Waals surface area contributed by atoms with Gasteiger partial charge < -0.3 is 15.3 Å². The first kappa shape index (κ1) is 25.4. The predicted octanol–water partition coefficient (Wildman–Crippen LogP) is 5.25. The van der Waals surface area contributed by atoms with Crippen LogP contribution in [0, 0.1) is 0 Å². The van der Waals surface area contributed by atoms with E-state index in [-0.39, 0.29) is 50.6 Å². The first-order chi connectivity index (χ1) is 16.4. The molecule has 0 radical (unpaired) electrons. The minimum absolute atomic E-state index is 0.00530. The zero-order chi connectivity index (χ0) is 25.5. The summed E-state index contributed by atoms with van der Waals surface area (Å²) in [5.41, 5.74) is -2.91. The van der Waals surface area contributed by atoms with E-state index in [2.05, 4.69) is 10.5 Å². The summed E-state index contributed by atoms with van der Waals surface area (Å²) >= 11 is 18.1. The Bertz CT molecular complexity index is 1210. The highest BCUT2D eigenvalue weighted by Crippen LogP contribution is 2.49. The summed E-state index contributed by atoms with van der Waals surface area (Å²) < 4.78 is 42.5. The zero-order valence-electron chi connectivity index (χ0n) is 17.4. The maximum absolute atomic E-state index is 14.2. The SMILES string of the molecule is O=C(N[C@H]1CON(C(=O)O)C1)c1ccc(C2=NO[C@@](c3cc(Cl)cc(Cl)c3)(C(F)(F)F)C2)cc1Cl. The molecule has 1 fully saturated rings. The van der Waals surface area contributed by atoms with E-state index in [9.17, 15) is 22.8 Å². The number of nitrogens with zero attached hydrogens (tertiary/aromatic N) is 2. The molecule has 0 aromatic heterocycles. The number of halogens is 6. The standard InChI is InChI=1S/C21H15Cl3F3N3O5/c22-12-4-11(5-13(23)6-12)20(21(25,26)27)7-17(29-35-20)10-1-2-15(16(24)3-10)18(31)28-14-8-30(19(32)33)34-9-14/h1-6,14H,7-9H2,(H,28,31)(H,32,33)/t14-,20+/m1/s1. The molecule has 2 aliphatic rings. The topological polar surface area (TPSA) is 100 Å². The number of carbonyl (C=O) groups excluding carboxylic acids is 1. The maximum atomic E-state index is 14.2. The Balaban J connectivity index is 1.54. The van der Waals surface area contributed by atoms with Crippen molar-refractivity contribution in [2.24, 2.45) is 5.16 Å². The Labute approximate surface area is 211 Å². The van der Waals surface area contributed by atoms with Gasteiger partial charge in [0.05, 0.1) is 35.5 Å². The highest BCUT2D eigenvalue weighted by Gasteiger charge is 2.62. The average Bonchev–Trinajstić information content (AvgIpc) is 3.41. The van der Waals surface area contributed by atoms with Crippen molar-refractivity contribution in [2.75, 3.05) is 13.2 Å². The third kappa shape index (κ3) is 4.99. The van der Waals surface area contributed by atoms with E-state index < -0.39 is 36.2 Å². The Morgan fingerprint density at radius 1 is 1.14 bits per heavy atom. The van der Waals surface area contributed by atoms with Crippen molar-refractivity contribution in [1.82, 2.24) is 10.4 Å². The van der Waals surface area contributed by atoms with Gasteiger partial charge in [0.2, 0.25) is 0 Å². The maximum Gasteiger partial charge on any atom is 0.435 e. The molecule has 0 bridgehead atoms. The largest absolute Gasteiger partial charge is 0.463 e. The zero-order valence-corrected chi connectivity index (χ0v) is 19.7. The summed E-state index contributed by atoms with van der Waals surface area (Å²) in [6.07, 6.45) is -6.83. The summed E-state index contributed by atoms with van der Waals surface area (Å²) in [4.78, 5) is 33.4. The summed E-state index contributed by atoms with van der Waals surface area (Å²) in [7, 11) is 0. The summed E-state index contributed by atoms with van der Waals surface area (Å²) in [6.45, 7) is -0.118. The van der Waals surface area contributed by atoms with Crippen LogP contribution in [0.4, 0.5) is 18.0 Å². The van der Waals surface area contributed by atoms with Gasteiger partial charge in [0.1, 0.15) is 0 Å². The van der Waals surface area contributed by atoms with Crippen molar-refractivity contribution >= 4 is 52.5 Å². The normalized spacial score (nSPS) is 22.1. The lowest BCUT2D eigenvalue weighted by atomic mass is 9.86. The van der Waals surface area contributed by atoms with Crippen LogP contribution in [0.1, 0.15) is 27.9 Å². The first-order valence-electron chi connectivity index (χ1n) is 9.92. The van der Waals surface area contributed by atoms with Crippen molar-refractivity contribution in [3.8, 4) is 0 Å². The number of hydroxylamine groups is 2. The molecule has 186 valence electrons. The lowest BCUT2D eigenvalue weighted by Crippen LogP contribution is -2.42. The summed E-state index contributed by atoms with van der Waals surface area (Å²) in [5, 5.41) is 15.8.